The van der Waals surface area contributed by atoms with Crippen molar-refractivity contribution in [1.29, 1.82) is 0 Å². The zero-order valence-electron chi connectivity index (χ0n) is 14.2. The fraction of sp³-hybridized carbons (Fsp3) is 0.389. The van der Waals surface area contributed by atoms with E-state index in [0.29, 0.717) is 11.5 Å². The Labute approximate surface area is 137 Å². The van der Waals surface area contributed by atoms with Gasteiger partial charge in [-0.2, -0.15) is 0 Å². The van der Waals surface area contributed by atoms with Gasteiger partial charge in [-0.25, -0.2) is 9.97 Å². The predicted molar refractivity (Wildman–Crippen MR) is 93.9 cm³/mol. The van der Waals surface area contributed by atoms with E-state index >= 15 is 0 Å². The highest BCUT2D eigenvalue weighted by molar-refractivity contribution is 6.02. The first-order valence-electron chi connectivity index (χ1n) is 7.88. The standard InChI is InChI=1S/C18H24N4O/c1-5-10-19-16-12-20-15(11-21-16)17(23)22-14-8-6-13(7-9-14)18(2,3)4/h6-9,11-12H,5,10H2,1-4H3,(H,19,21)(H,22,23). The van der Waals surface area contributed by atoms with Crippen molar-refractivity contribution in [2.24, 2.45) is 0 Å². The van der Waals surface area contributed by atoms with Gasteiger partial charge in [-0.15, -0.1) is 0 Å². The van der Waals surface area contributed by atoms with E-state index in [1.54, 1.807) is 6.20 Å². The number of hydrogen-bond acceptors (Lipinski definition) is 4. The van der Waals surface area contributed by atoms with Crippen molar-refractivity contribution in [3.63, 3.8) is 0 Å². The lowest BCUT2D eigenvalue weighted by molar-refractivity contribution is 0.102. The second-order valence-corrected chi connectivity index (χ2v) is 6.50. The molecule has 122 valence electrons. The molecule has 0 bridgehead atoms. The Morgan fingerprint density at radius 3 is 2.30 bits per heavy atom. The molecule has 23 heavy (non-hydrogen) atoms. The third-order valence-electron chi connectivity index (χ3n) is 3.45. The highest BCUT2D eigenvalue weighted by Crippen LogP contribution is 2.23. The molecule has 0 saturated heterocycles. The highest BCUT2D eigenvalue weighted by Gasteiger charge is 2.14. The smallest absolute Gasteiger partial charge is 0.275 e. The third kappa shape index (κ3) is 4.77. The van der Waals surface area contributed by atoms with Crippen LogP contribution in [0.3, 0.4) is 0 Å². The van der Waals surface area contributed by atoms with E-state index in [-0.39, 0.29) is 11.3 Å². The van der Waals surface area contributed by atoms with Gasteiger partial charge >= 0.3 is 0 Å². The van der Waals surface area contributed by atoms with Crippen LogP contribution in [0.25, 0.3) is 0 Å². The summed E-state index contributed by atoms with van der Waals surface area (Å²) in [7, 11) is 0. The Balaban J connectivity index is 2.01. The van der Waals surface area contributed by atoms with Crippen molar-refractivity contribution in [3.8, 4) is 0 Å². The van der Waals surface area contributed by atoms with Gasteiger partial charge in [0.1, 0.15) is 11.5 Å². The Kier molecular flexibility index (Phi) is 5.32. The lowest BCUT2D eigenvalue weighted by Gasteiger charge is -2.19. The van der Waals surface area contributed by atoms with Crippen molar-refractivity contribution in [3.05, 3.63) is 47.9 Å². The van der Waals surface area contributed by atoms with Gasteiger partial charge in [0.25, 0.3) is 5.91 Å². The number of hydrogen-bond donors (Lipinski definition) is 2. The molecule has 5 heteroatoms. The molecule has 0 unspecified atom stereocenters. The Morgan fingerprint density at radius 2 is 1.78 bits per heavy atom. The second kappa shape index (κ2) is 7.22. The molecule has 2 rings (SSSR count). The van der Waals surface area contributed by atoms with Crippen LogP contribution in [0.1, 0.15) is 50.2 Å². The minimum atomic E-state index is -0.261. The molecule has 1 heterocycles. The number of amides is 1. The van der Waals surface area contributed by atoms with E-state index in [2.05, 4.69) is 48.3 Å². The molecule has 5 nitrogen and oxygen atoms in total. The topological polar surface area (TPSA) is 66.9 Å². The van der Waals surface area contributed by atoms with Crippen LogP contribution in [0.2, 0.25) is 0 Å². The van der Waals surface area contributed by atoms with Crippen LogP contribution < -0.4 is 10.6 Å². The third-order valence-corrected chi connectivity index (χ3v) is 3.45. The SMILES string of the molecule is CCCNc1cnc(C(=O)Nc2ccc(C(C)(C)C)cc2)cn1. The molecule has 2 aromatic rings. The minimum absolute atomic E-state index is 0.0926. The molecule has 0 atom stereocenters. The maximum Gasteiger partial charge on any atom is 0.275 e. The van der Waals surface area contributed by atoms with Crippen molar-refractivity contribution >= 4 is 17.4 Å². The summed E-state index contributed by atoms with van der Waals surface area (Å²) < 4.78 is 0. The Hall–Kier alpha value is -2.43. The monoisotopic (exact) mass is 312 g/mol. The molecular formula is C18H24N4O. The lowest BCUT2D eigenvalue weighted by atomic mass is 9.87. The summed E-state index contributed by atoms with van der Waals surface area (Å²) in [6.07, 6.45) is 4.07. The molecule has 0 aliphatic rings. The molecule has 1 aromatic heterocycles. The Bertz CT molecular complexity index is 642. The lowest BCUT2D eigenvalue weighted by Crippen LogP contribution is -2.15. The summed E-state index contributed by atoms with van der Waals surface area (Å²) in [6.45, 7) is 9.38. The first-order valence-corrected chi connectivity index (χ1v) is 7.88. The molecule has 0 fully saturated rings. The second-order valence-electron chi connectivity index (χ2n) is 6.50. The summed E-state index contributed by atoms with van der Waals surface area (Å²) in [5.41, 5.74) is 2.36. The minimum Gasteiger partial charge on any atom is -0.369 e. The van der Waals surface area contributed by atoms with E-state index in [4.69, 9.17) is 0 Å². The van der Waals surface area contributed by atoms with E-state index in [1.165, 1.54) is 11.8 Å². The normalized spacial score (nSPS) is 11.1. The van der Waals surface area contributed by atoms with Crippen LogP contribution in [0.5, 0.6) is 0 Å². The van der Waals surface area contributed by atoms with E-state index in [9.17, 15) is 4.79 Å². The van der Waals surface area contributed by atoms with Crippen LogP contribution in [-0.4, -0.2) is 22.4 Å². The number of carbonyl (C=O) groups is 1. The number of rotatable bonds is 5. The first-order chi connectivity index (χ1) is 10.9. The number of nitrogens with one attached hydrogen (secondary N) is 2. The van der Waals surface area contributed by atoms with E-state index in [0.717, 1.165) is 18.7 Å². The van der Waals surface area contributed by atoms with E-state index < -0.39 is 0 Å². The van der Waals surface area contributed by atoms with Gasteiger partial charge in [-0.05, 0) is 29.5 Å². The van der Waals surface area contributed by atoms with Gasteiger partial charge < -0.3 is 10.6 Å². The first kappa shape index (κ1) is 16.9. The number of nitrogens with zero attached hydrogens (tertiary/aromatic N) is 2. The number of aromatic nitrogens is 2. The van der Waals surface area contributed by atoms with Crippen molar-refractivity contribution in [1.82, 2.24) is 9.97 Å². The number of benzene rings is 1. The van der Waals surface area contributed by atoms with Gasteiger partial charge in [0, 0.05) is 12.2 Å². The largest absolute Gasteiger partial charge is 0.369 e. The van der Waals surface area contributed by atoms with Crippen LogP contribution in [0.15, 0.2) is 36.7 Å². The molecule has 0 aliphatic heterocycles. The van der Waals surface area contributed by atoms with Crippen molar-refractivity contribution in [2.45, 2.75) is 39.5 Å². The van der Waals surface area contributed by atoms with Crippen molar-refractivity contribution in [2.75, 3.05) is 17.2 Å². The van der Waals surface area contributed by atoms with Gasteiger partial charge in [0.15, 0.2) is 0 Å². The summed E-state index contributed by atoms with van der Waals surface area (Å²) in [5, 5.41) is 5.96. The summed E-state index contributed by atoms with van der Waals surface area (Å²) in [6, 6.07) is 7.87. The summed E-state index contributed by atoms with van der Waals surface area (Å²) >= 11 is 0. The summed E-state index contributed by atoms with van der Waals surface area (Å²) in [5.74, 6) is 0.418. The van der Waals surface area contributed by atoms with Crippen LogP contribution in [0, 0.1) is 0 Å². The van der Waals surface area contributed by atoms with Gasteiger partial charge in [-0.1, -0.05) is 39.8 Å². The molecule has 1 amide bonds. The molecule has 1 aromatic carbocycles. The fourth-order valence-corrected chi connectivity index (χ4v) is 2.04. The maximum atomic E-state index is 12.2. The average molecular weight is 312 g/mol. The van der Waals surface area contributed by atoms with Gasteiger partial charge in [0.2, 0.25) is 0 Å². The number of carbonyl (C=O) groups excluding carboxylic acids is 1. The maximum absolute atomic E-state index is 12.2. The van der Waals surface area contributed by atoms with Crippen molar-refractivity contribution < 1.29 is 4.79 Å². The quantitative estimate of drug-likeness (QED) is 0.880. The fourth-order valence-electron chi connectivity index (χ4n) is 2.04. The molecule has 0 spiro atoms. The molecule has 0 aliphatic carbocycles. The zero-order chi connectivity index (χ0) is 16.9. The Morgan fingerprint density at radius 1 is 1.09 bits per heavy atom. The summed E-state index contributed by atoms with van der Waals surface area (Å²) in [4.78, 5) is 20.5. The van der Waals surface area contributed by atoms with E-state index in [1.807, 2.05) is 24.3 Å². The van der Waals surface area contributed by atoms with Crippen LogP contribution >= 0.6 is 0 Å². The predicted octanol–water partition coefficient (Wildman–Crippen LogP) is 3.85. The average Bonchev–Trinajstić information content (AvgIpc) is 2.53. The van der Waals surface area contributed by atoms with Gasteiger partial charge in [-0.3, -0.25) is 4.79 Å². The van der Waals surface area contributed by atoms with Gasteiger partial charge in [0.05, 0.1) is 12.4 Å². The molecule has 0 radical (unpaired) electrons. The van der Waals surface area contributed by atoms with Crippen LogP contribution in [0.4, 0.5) is 11.5 Å². The number of anilines is 2. The molecule has 0 saturated carbocycles. The molecular weight excluding hydrogens is 288 g/mol. The zero-order valence-corrected chi connectivity index (χ0v) is 14.2. The van der Waals surface area contributed by atoms with Crippen LogP contribution in [-0.2, 0) is 5.41 Å². The molecule has 2 N–H and O–H groups in total. The highest BCUT2D eigenvalue weighted by atomic mass is 16.1.